The zero-order valence-corrected chi connectivity index (χ0v) is 14.9. The highest BCUT2D eigenvalue weighted by Crippen LogP contribution is 2.27. The number of ether oxygens (including phenoxy) is 1. The molecule has 0 saturated carbocycles. The smallest absolute Gasteiger partial charge is 0.252 e. The van der Waals surface area contributed by atoms with Gasteiger partial charge >= 0.3 is 0 Å². The van der Waals surface area contributed by atoms with Crippen LogP contribution in [0.3, 0.4) is 0 Å². The van der Waals surface area contributed by atoms with E-state index in [1.807, 2.05) is 12.4 Å². The molecule has 0 radical (unpaired) electrons. The van der Waals surface area contributed by atoms with Crippen molar-refractivity contribution in [3.8, 4) is 0 Å². The maximum Gasteiger partial charge on any atom is 0.252 e. The Labute approximate surface area is 153 Å². The van der Waals surface area contributed by atoms with Crippen molar-refractivity contribution in [1.29, 1.82) is 0 Å². The Morgan fingerprint density at radius 3 is 2.58 bits per heavy atom. The van der Waals surface area contributed by atoms with Crippen LogP contribution in [0, 0.1) is 0 Å². The number of piperidine rings is 1. The minimum atomic E-state index is -0.0595. The maximum absolute atomic E-state index is 12.1. The summed E-state index contributed by atoms with van der Waals surface area (Å²) < 4.78 is 5.39. The lowest BCUT2D eigenvalue weighted by atomic mass is 9.93. The number of anilines is 1. The number of likely N-dealkylation sites (tertiary alicyclic amines) is 1. The molecule has 0 bridgehead atoms. The topological polar surface area (TPSA) is 74.3 Å². The number of nitrogens with one attached hydrogen (secondary N) is 1. The highest BCUT2D eigenvalue weighted by atomic mass is 16.5. The van der Waals surface area contributed by atoms with Crippen LogP contribution in [0.4, 0.5) is 5.95 Å². The molecule has 2 aromatic heterocycles. The number of morpholine rings is 1. The van der Waals surface area contributed by atoms with Crippen LogP contribution in [0.2, 0.25) is 0 Å². The number of pyridine rings is 1. The van der Waals surface area contributed by atoms with E-state index in [-0.39, 0.29) is 5.56 Å². The first-order valence-electron chi connectivity index (χ1n) is 9.33. The molecule has 4 heterocycles. The van der Waals surface area contributed by atoms with Gasteiger partial charge < -0.3 is 9.64 Å². The highest BCUT2D eigenvalue weighted by Gasteiger charge is 2.23. The average Bonchev–Trinajstić information content (AvgIpc) is 2.70. The fourth-order valence-corrected chi connectivity index (χ4v) is 3.73. The second-order valence-electron chi connectivity index (χ2n) is 7.00. The number of hydrogen-bond donors (Lipinski definition) is 1. The molecule has 0 unspecified atom stereocenters. The first-order chi connectivity index (χ1) is 12.8. The third kappa shape index (κ3) is 4.11. The van der Waals surface area contributed by atoms with Gasteiger partial charge in [-0.25, -0.2) is 4.98 Å². The third-order valence-electron chi connectivity index (χ3n) is 5.22. The second-order valence-corrected chi connectivity index (χ2v) is 7.00. The lowest BCUT2D eigenvalue weighted by Crippen LogP contribution is -2.39. The van der Waals surface area contributed by atoms with Crippen LogP contribution in [0.15, 0.2) is 35.4 Å². The summed E-state index contributed by atoms with van der Waals surface area (Å²) in [6.45, 7) is 5.91. The zero-order chi connectivity index (χ0) is 17.8. The molecule has 0 aromatic carbocycles. The Bertz CT molecular complexity index is 765. The molecule has 138 valence electrons. The zero-order valence-electron chi connectivity index (χ0n) is 14.9. The van der Waals surface area contributed by atoms with E-state index in [1.54, 1.807) is 6.07 Å². The molecule has 2 aromatic rings. The van der Waals surface area contributed by atoms with Crippen molar-refractivity contribution in [2.45, 2.75) is 25.3 Å². The van der Waals surface area contributed by atoms with Gasteiger partial charge in [0.15, 0.2) is 0 Å². The van der Waals surface area contributed by atoms with Gasteiger partial charge in [0.05, 0.1) is 18.9 Å². The monoisotopic (exact) mass is 355 g/mol. The van der Waals surface area contributed by atoms with Crippen LogP contribution in [-0.2, 0) is 11.3 Å². The summed E-state index contributed by atoms with van der Waals surface area (Å²) in [6.07, 6.45) is 5.75. The van der Waals surface area contributed by atoms with Gasteiger partial charge in [-0.3, -0.25) is 19.7 Å². The van der Waals surface area contributed by atoms with E-state index in [0.717, 1.165) is 51.3 Å². The lowest BCUT2D eigenvalue weighted by Gasteiger charge is -2.32. The summed E-state index contributed by atoms with van der Waals surface area (Å²) in [7, 11) is 0. The Hall–Kier alpha value is -2.25. The number of aromatic nitrogens is 3. The van der Waals surface area contributed by atoms with Crippen molar-refractivity contribution in [2.24, 2.45) is 0 Å². The van der Waals surface area contributed by atoms with Crippen molar-refractivity contribution in [2.75, 3.05) is 44.3 Å². The minimum absolute atomic E-state index is 0.0595. The Morgan fingerprint density at radius 1 is 1.12 bits per heavy atom. The fraction of sp³-hybridized carbons (Fsp3) is 0.526. The maximum atomic E-state index is 12.1. The van der Waals surface area contributed by atoms with Gasteiger partial charge in [-0.1, -0.05) is 0 Å². The van der Waals surface area contributed by atoms with E-state index < -0.39 is 0 Å². The predicted octanol–water partition coefficient (Wildman–Crippen LogP) is 1.38. The molecular weight excluding hydrogens is 330 g/mol. The summed E-state index contributed by atoms with van der Waals surface area (Å²) in [5.41, 5.74) is 2.16. The van der Waals surface area contributed by atoms with Crippen LogP contribution < -0.4 is 10.5 Å². The summed E-state index contributed by atoms with van der Waals surface area (Å²) in [5, 5.41) is 0. The molecule has 2 aliphatic heterocycles. The summed E-state index contributed by atoms with van der Waals surface area (Å²) in [4.78, 5) is 28.4. The lowest BCUT2D eigenvalue weighted by molar-refractivity contribution is 0.122. The second kappa shape index (κ2) is 7.97. The van der Waals surface area contributed by atoms with Crippen LogP contribution in [0.5, 0.6) is 0 Å². The average molecular weight is 355 g/mol. The van der Waals surface area contributed by atoms with E-state index in [9.17, 15) is 4.79 Å². The van der Waals surface area contributed by atoms with Crippen molar-refractivity contribution < 1.29 is 4.74 Å². The summed E-state index contributed by atoms with van der Waals surface area (Å²) in [5.74, 6) is 1.04. The molecule has 26 heavy (non-hydrogen) atoms. The summed E-state index contributed by atoms with van der Waals surface area (Å²) in [6, 6.07) is 5.81. The van der Waals surface area contributed by atoms with Gasteiger partial charge in [-0.15, -0.1) is 0 Å². The first-order valence-corrected chi connectivity index (χ1v) is 9.33. The van der Waals surface area contributed by atoms with Gasteiger partial charge in [0.2, 0.25) is 5.95 Å². The van der Waals surface area contributed by atoms with E-state index in [4.69, 9.17) is 9.72 Å². The van der Waals surface area contributed by atoms with E-state index in [0.29, 0.717) is 25.1 Å². The van der Waals surface area contributed by atoms with Gasteiger partial charge in [-0.05, 0) is 43.6 Å². The van der Waals surface area contributed by atoms with Gasteiger partial charge in [0.1, 0.15) is 0 Å². The number of nitrogens with zero attached hydrogens (tertiary/aromatic N) is 4. The molecule has 7 nitrogen and oxygen atoms in total. The largest absolute Gasteiger partial charge is 0.378 e. The Morgan fingerprint density at radius 2 is 1.85 bits per heavy atom. The molecule has 2 aliphatic rings. The van der Waals surface area contributed by atoms with Crippen LogP contribution in [0.25, 0.3) is 0 Å². The van der Waals surface area contributed by atoms with Crippen molar-refractivity contribution in [1.82, 2.24) is 19.9 Å². The van der Waals surface area contributed by atoms with Crippen LogP contribution in [0.1, 0.15) is 30.0 Å². The summed E-state index contributed by atoms with van der Waals surface area (Å²) >= 11 is 0. The number of H-pyrrole nitrogens is 1. The fourth-order valence-electron chi connectivity index (χ4n) is 3.73. The molecule has 7 heteroatoms. The van der Waals surface area contributed by atoms with Gasteiger partial charge in [-0.2, -0.15) is 0 Å². The molecule has 1 N–H and O–H groups in total. The molecule has 0 aliphatic carbocycles. The number of hydrogen-bond acceptors (Lipinski definition) is 6. The Kier molecular flexibility index (Phi) is 5.26. The van der Waals surface area contributed by atoms with E-state index in [1.165, 1.54) is 5.56 Å². The standard InChI is InChI=1S/C19H25N5O2/c25-18-13-17(21-19(22-18)24-9-11-26-12-10-24)16-3-7-23(8-4-16)14-15-1-5-20-6-2-15/h1-2,5-6,13,16H,3-4,7-12,14H2,(H,21,22,25). The minimum Gasteiger partial charge on any atom is -0.378 e. The van der Waals surface area contributed by atoms with Gasteiger partial charge in [0.25, 0.3) is 5.56 Å². The molecule has 0 atom stereocenters. The molecule has 4 rings (SSSR count). The molecule has 2 saturated heterocycles. The van der Waals surface area contributed by atoms with E-state index in [2.05, 4.69) is 31.9 Å². The SMILES string of the molecule is O=c1cc(C2CCN(Cc3ccncc3)CC2)nc(N2CCOCC2)[nH]1. The molecule has 0 amide bonds. The highest BCUT2D eigenvalue weighted by molar-refractivity contribution is 5.31. The quantitative estimate of drug-likeness (QED) is 0.893. The number of aromatic amines is 1. The third-order valence-corrected chi connectivity index (χ3v) is 5.22. The first kappa shape index (κ1) is 17.2. The molecule has 2 fully saturated rings. The molecular formula is C19H25N5O2. The van der Waals surface area contributed by atoms with Gasteiger partial charge in [0, 0.05) is 44.0 Å². The Balaban J connectivity index is 1.41. The normalized spacial score (nSPS) is 19.6. The van der Waals surface area contributed by atoms with Crippen LogP contribution >= 0.6 is 0 Å². The van der Waals surface area contributed by atoms with Crippen LogP contribution in [-0.4, -0.2) is 59.2 Å². The molecule has 0 spiro atoms. The van der Waals surface area contributed by atoms with Crippen molar-refractivity contribution in [3.05, 3.63) is 52.2 Å². The predicted molar refractivity (Wildman–Crippen MR) is 99.4 cm³/mol. The number of rotatable bonds is 4. The van der Waals surface area contributed by atoms with Crippen molar-refractivity contribution in [3.63, 3.8) is 0 Å². The van der Waals surface area contributed by atoms with E-state index >= 15 is 0 Å². The van der Waals surface area contributed by atoms with Crippen molar-refractivity contribution >= 4 is 5.95 Å².